The quantitative estimate of drug-likeness (QED) is 0.623. The molecule has 160 valence electrons. The van der Waals surface area contributed by atoms with Crippen LogP contribution in [0.15, 0.2) is 35.4 Å². The minimum atomic E-state index is -0.285. The van der Waals surface area contributed by atoms with E-state index >= 15 is 0 Å². The number of likely N-dealkylation sites (N-methyl/N-ethyl adjacent to an activating group) is 1. The van der Waals surface area contributed by atoms with Crippen LogP contribution in [-0.4, -0.2) is 51.7 Å². The molecule has 9 nitrogen and oxygen atoms in total. The van der Waals surface area contributed by atoms with E-state index < -0.39 is 0 Å². The van der Waals surface area contributed by atoms with Gasteiger partial charge in [0, 0.05) is 30.2 Å². The second-order valence-electron chi connectivity index (χ2n) is 7.92. The Hall–Kier alpha value is -3.51. The largest absolute Gasteiger partial charge is 0.476 e. The highest BCUT2D eigenvalue weighted by Gasteiger charge is 2.22. The number of aromatic nitrogens is 4. The van der Waals surface area contributed by atoms with Gasteiger partial charge in [0.05, 0.1) is 11.9 Å². The Morgan fingerprint density at radius 3 is 2.74 bits per heavy atom. The first-order valence-electron chi connectivity index (χ1n) is 10.4. The number of hydrogen-bond acceptors (Lipinski definition) is 8. The van der Waals surface area contributed by atoms with Gasteiger partial charge in [0.25, 0.3) is 5.56 Å². The zero-order valence-electron chi connectivity index (χ0n) is 17.7. The van der Waals surface area contributed by atoms with Crippen molar-refractivity contribution in [2.75, 3.05) is 32.6 Å². The molecule has 0 unspecified atom stereocenters. The van der Waals surface area contributed by atoms with Crippen LogP contribution in [0, 0.1) is 11.3 Å². The first kappa shape index (κ1) is 20.8. The van der Waals surface area contributed by atoms with E-state index in [9.17, 15) is 10.1 Å². The third-order valence-corrected chi connectivity index (χ3v) is 5.36. The minimum absolute atomic E-state index is 0.0614. The summed E-state index contributed by atoms with van der Waals surface area (Å²) in [5.74, 6) is 0.914. The molecule has 3 aromatic heterocycles. The van der Waals surface area contributed by atoms with Gasteiger partial charge in [-0.3, -0.25) is 9.36 Å². The zero-order chi connectivity index (χ0) is 21.8. The van der Waals surface area contributed by atoms with Crippen LogP contribution in [0.3, 0.4) is 0 Å². The number of nitrogens with one attached hydrogen (secondary N) is 1. The highest BCUT2D eigenvalue weighted by molar-refractivity contribution is 5.77. The number of nitrogens with zero attached hydrogens (tertiary/aromatic N) is 6. The Labute approximate surface area is 180 Å². The van der Waals surface area contributed by atoms with Crippen LogP contribution in [0.25, 0.3) is 11.0 Å². The van der Waals surface area contributed by atoms with Crippen LogP contribution in [0.1, 0.15) is 37.3 Å². The molecule has 0 saturated heterocycles. The summed E-state index contributed by atoms with van der Waals surface area (Å²) in [5, 5.41) is 13.2. The first-order chi connectivity index (χ1) is 15.0. The van der Waals surface area contributed by atoms with E-state index in [4.69, 9.17) is 4.74 Å². The van der Waals surface area contributed by atoms with Crippen molar-refractivity contribution in [3.05, 3.63) is 46.5 Å². The Bertz CT molecular complexity index is 1160. The molecule has 0 atom stereocenters. The van der Waals surface area contributed by atoms with Gasteiger partial charge in [-0.1, -0.05) is 12.8 Å². The standard InChI is InChI=1S/C22H25N7O2/c1-28(2)9-10-31-19-8-7-17(14-24-19)26-22-25-13-16-11-15(12-23)21(30)29(20(16)27-22)18-5-3-4-6-18/h7-8,11,13-14,18H,3-6,9-10H2,1-2H3,(H,25,26,27). The number of rotatable bonds is 7. The molecule has 0 aromatic carbocycles. The zero-order valence-corrected chi connectivity index (χ0v) is 17.7. The van der Waals surface area contributed by atoms with Gasteiger partial charge in [-0.05, 0) is 39.1 Å². The average Bonchev–Trinajstić information content (AvgIpc) is 3.28. The smallest absolute Gasteiger partial charge is 0.270 e. The van der Waals surface area contributed by atoms with E-state index in [1.807, 2.05) is 31.1 Å². The summed E-state index contributed by atoms with van der Waals surface area (Å²) in [6.45, 7) is 1.37. The molecule has 31 heavy (non-hydrogen) atoms. The molecule has 0 bridgehead atoms. The fourth-order valence-corrected chi connectivity index (χ4v) is 3.76. The summed E-state index contributed by atoms with van der Waals surface area (Å²) in [7, 11) is 3.97. The van der Waals surface area contributed by atoms with Crippen molar-refractivity contribution in [2.45, 2.75) is 31.7 Å². The van der Waals surface area contributed by atoms with Crippen molar-refractivity contribution >= 4 is 22.7 Å². The van der Waals surface area contributed by atoms with Crippen molar-refractivity contribution in [2.24, 2.45) is 0 Å². The van der Waals surface area contributed by atoms with E-state index in [0.717, 1.165) is 32.2 Å². The van der Waals surface area contributed by atoms with Crippen LogP contribution in [0.4, 0.5) is 11.6 Å². The Morgan fingerprint density at radius 2 is 2.06 bits per heavy atom. The summed E-state index contributed by atoms with van der Waals surface area (Å²) in [6, 6.07) is 7.26. The summed E-state index contributed by atoms with van der Waals surface area (Å²) >= 11 is 0. The lowest BCUT2D eigenvalue weighted by Crippen LogP contribution is -2.26. The maximum atomic E-state index is 12.9. The molecule has 1 aliphatic rings. The lowest BCUT2D eigenvalue weighted by Gasteiger charge is -2.17. The number of ether oxygens (including phenoxy) is 1. The van der Waals surface area contributed by atoms with Crippen molar-refractivity contribution in [3.8, 4) is 11.9 Å². The SMILES string of the molecule is CN(C)CCOc1ccc(Nc2ncc3cc(C#N)c(=O)n(C4CCCC4)c3n2)cn1. The van der Waals surface area contributed by atoms with E-state index in [-0.39, 0.29) is 17.2 Å². The fourth-order valence-electron chi connectivity index (χ4n) is 3.76. The molecule has 1 fully saturated rings. The third-order valence-electron chi connectivity index (χ3n) is 5.36. The number of nitriles is 1. The highest BCUT2D eigenvalue weighted by atomic mass is 16.5. The van der Waals surface area contributed by atoms with Crippen molar-refractivity contribution in [1.82, 2.24) is 24.4 Å². The molecule has 0 aliphatic heterocycles. The maximum absolute atomic E-state index is 12.9. The van der Waals surface area contributed by atoms with E-state index in [1.54, 1.807) is 29.1 Å². The summed E-state index contributed by atoms with van der Waals surface area (Å²) in [6.07, 6.45) is 7.26. The van der Waals surface area contributed by atoms with Gasteiger partial charge >= 0.3 is 0 Å². The second-order valence-corrected chi connectivity index (χ2v) is 7.92. The predicted octanol–water partition coefficient (Wildman–Crippen LogP) is 2.86. The molecular formula is C22H25N7O2. The Balaban J connectivity index is 1.60. The van der Waals surface area contributed by atoms with Crippen LogP contribution < -0.4 is 15.6 Å². The summed E-state index contributed by atoms with van der Waals surface area (Å²) in [4.78, 5) is 28.2. The molecule has 3 aromatic rings. The van der Waals surface area contributed by atoms with E-state index in [2.05, 4.69) is 20.3 Å². The maximum Gasteiger partial charge on any atom is 0.270 e. The molecule has 3 heterocycles. The average molecular weight is 419 g/mol. The molecular weight excluding hydrogens is 394 g/mol. The van der Waals surface area contributed by atoms with Gasteiger partial charge in [0.2, 0.25) is 11.8 Å². The van der Waals surface area contributed by atoms with Gasteiger partial charge in [-0.25, -0.2) is 9.97 Å². The van der Waals surface area contributed by atoms with Crippen LogP contribution in [0.5, 0.6) is 5.88 Å². The minimum Gasteiger partial charge on any atom is -0.476 e. The number of hydrogen-bond donors (Lipinski definition) is 1. The number of anilines is 2. The van der Waals surface area contributed by atoms with Crippen molar-refractivity contribution in [1.29, 1.82) is 5.26 Å². The van der Waals surface area contributed by atoms with Gasteiger partial charge in [-0.2, -0.15) is 10.2 Å². The predicted molar refractivity (Wildman–Crippen MR) is 118 cm³/mol. The van der Waals surface area contributed by atoms with Gasteiger partial charge in [0.15, 0.2) is 0 Å². The first-order valence-corrected chi connectivity index (χ1v) is 10.4. The molecule has 4 rings (SSSR count). The molecule has 9 heteroatoms. The van der Waals surface area contributed by atoms with E-state index in [0.29, 0.717) is 35.2 Å². The summed E-state index contributed by atoms with van der Waals surface area (Å²) < 4.78 is 7.29. The lowest BCUT2D eigenvalue weighted by molar-refractivity contribution is 0.254. The molecule has 1 aliphatic carbocycles. The van der Waals surface area contributed by atoms with Crippen molar-refractivity contribution < 1.29 is 4.74 Å². The van der Waals surface area contributed by atoms with Gasteiger partial charge < -0.3 is 15.0 Å². The molecule has 0 amide bonds. The third kappa shape index (κ3) is 4.64. The van der Waals surface area contributed by atoms with E-state index in [1.165, 1.54) is 0 Å². The molecule has 1 N–H and O–H groups in total. The fraction of sp³-hybridized carbons (Fsp3) is 0.409. The van der Waals surface area contributed by atoms with Gasteiger partial charge in [0.1, 0.15) is 23.9 Å². The Kier molecular flexibility index (Phi) is 6.09. The molecule has 0 radical (unpaired) electrons. The summed E-state index contributed by atoms with van der Waals surface area (Å²) in [5.41, 5.74) is 1.10. The number of pyridine rings is 2. The Morgan fingerprint density at radius 1 is 1.26 bits per heavy atom. The van der Waals surface area contributed by atoms with Crippen LogP contribution in [-0.2, 0) is 0 Å². The highest BCUT2D eigenvalue weighted by Crippen LogP contribution is 2.30. The normalized spacial score (nSPS) is 14.1. The van der Waals surface area contributed by atoms with Crippen LogP contribution >= 0.6 is 0 Å². The van der Waals surface area contributed by atoms with Crippen LogP contribution in [0.2, 0.25) is 0 Å². The molecule has 1 saturated carbocycles. The number of fused-ring (bicyclic) bond motifs is 1. The topological polar surface area (TPSA) is 109 Å². The van der Waals surface area contributed by atoms with Gasteiger partial charge in [-0.15, -0.1) is 0 Å². The molecule has 0 spiro atoms. The monoisotopic (exact) mass is 419 g/mol. The lowest BCUT2D eigenvalue weighted by atomic mass is 10.2. The van der Waals surface area contributed by atoms with Crippen molar-refractivity contribution in [3.63, 3.8) is 0 Å². The second kappa shape index (κ2) is 9.10.